The van der Waals surface area contributed by atoms with Crippen molar-refractivity contribution in [2.45, 2.75) is 110 Å². The molecular weight excluding hydrogens is 1030 g/mol. The van der Waals surface area contributed by atoms with Crippen molar-refractivity contribution in [1.29, 1.82) is 0 Å². The molecule has 1 N–H and O–H groups in total. The van der Waals surface area contributed by atoms with E-state index in [1.807, 2.05) is 0 Å². The molecule has 0 spiro atoms. The van der Waals surface area contributed by atoms with Crippen LogP contribution in [0.15, 0.2) is 223 Å². The zero-order valence-corrected chi connectivity index (χ0v) is 49.3. The Kier molecular flexibility index (Phi) is 13.5. The topological polar surface area (TPSA) is 39.9 Å². The highest BCUT2D eigenvalue weighted by Gasteiger charge is 2.29. The fraction of sp³-hybridized carbons (Fsp3) is 0.210. The Bertz CT molecular complexity index is 4620. The van der Waals surface area contributed by atoms with Crippen LogP contribution in [-0.4, -0.2) is 5.11 Å². The van der Waals surface area contributed by atoms with Crippen molar-refractivity contribution in [3.63, 3.8) is 0 Å². The molecule has 0 aliphatic heterocycles. The number of phenolic OH excluding ortho intramolecular Hbond substituents is 1. The van der Waals surface area contributed by atoms with E-state index >= 15 is 0 Å². The summed E-state index contributed by atoms with van der Waals surface area (Å²) in [6.45, 7) is 9.10. The van der Waals surface area contributed by atoms with Crippen molar-refractivity contribution >= 4 is 88.4 Å². The molecule has 0 saturated heterocycles. The number of furan rings is 1. The number of nitrogens with zero attached hydrogens (tertiary/aromatic N) is 2. The van der Waals surface area contributed by atoms with E-state index in [2.05, 4.69) is 256 Å². The monoisotopic (exact) mass is 1100 g/mol. The number of para-hydroxylation sites is 3. The molecule has 0 atom stereocenters. The minimum absolute atomic E-state index is 0.189. The van der Waals surface area contributed by atoms with Gasteiger partial charge in [0.25, 0.3) is 0 Å². The van der Waals surface area contributed by atoms with Crippen molar-refractivity contribution in [1.82, 2.24) is 0 Å². The van der Waals surface area contributed by atoms with Crippen LogP contribution in [0.5, 0.6) is 5.75 Å². The molecule has 2 aliphatic carbocycles. The number of fused-ring (bicyclic) bond motifs is 3. The van der Waals surface area contributed by atoms with Gasteiger partial charge in [-0.3, -0.25) is 0 Å². The molecule has 0 bridgehead atoms. The number of hydrogen-bond donors (Lipinski definition) is 1. The molecule has 2 fully saturated rings. The van der Waals surface area contributed by atoms with E-state index in [1.165, 1.54) is 125 Å². The highest BCUT2D eigenvalue weighted by molar-refractivity contribution is 6.30. The van der Waals surface area contributed by atoms with Crippen LogP contribution in [0.2, 0.25) is 0 Å². The molecule has 0 unspecified atom stereocenters. The van der Waals surface area contributed by atoms with Crippen LogP contribution >= 0.6 is 0 Å². The van der Waals surface area contributed by atoms with Gasteiger partial charge in [-0.15, -0.1) is 0 Å². The van der Waals surface area contributed by atoms with E-state index in [0.717, 1.165) is 89.3 Å². The van der Waals surface area contributed by atoms with Crippen LogP contribution in [0.4, 0.5) is 34.1 Å². The summed E-state index contributed by atoms with van der Waals surface area (Å²) in [6, 6.07) is 80.5. The third-order valence-corrected chi connectivity index (χ3v) is 19.4. The van der Waals surface area contributed by atoms with Gasteiger partial charge in [-0.1, -0.05) is 216 Å². The maximum absolute atomic E-state index is 13.1. The molecule has 1 heterocycles. The summed E-state index contributed by atoms with van der Waals surface area (Å²) in [5, 5.41) is 22.6. The van der Waals surface area contributed by atoms with E-state index in [1.54, 1.807) is 0 Å². The van der Waals surface area contributed by atoms with Crippen molar-refractivity contribution in [2.24, 2.45) is 0 Å². The zero-order chi connectivity index (χ0) is 57.3. The highest BCUT2D eigenvalue weighted by atomic mass is 16.3. The number of rotatable bonds is 12. The molecule has 0 amide bonds. The summed E-state index contributed by atoms with van der Waals surface area (Å²) >= 11 is 0. The maximum Gasteiger partial charge on any atom is 0.159 e. The van der Waals surface area contributed by atoms with E-state index in [9.17, 15) is 5.11 Å². The normalized spacial score (nSPS) is 14.4. The van der Waals surface area contributed by atoms with Crippen molar-refractivity contribution in [3.8, 4) is 39.1 Å². The molecule has 85 heavy (non-hydrogen) atoms. The first-order valence-electron chi connectivity index (χ1n) is 31.3. The number of aromatic hydroxyl groups is 1. The second kappa shape index (κ2) is 21.8. The van der Waals surface area contributed by atoms with Gasteiger partial charge in [0.05, 0.1) is 22.7 Å². The molecule has 13 aromatic rings. The predicted molar refractivity (Wildman–Crippen MR) is 360 cm³/mol. The minimum atomic E-state index is 0.189. The average molecular weight is 1110 g/mol. The first-order valence-corrected chi connectivity index (χ1v) is 31.3. The summed E-state index contributed by atoms with van der Waals surface area (Å²) < 4.78 is 7.29. The SMILES string of the molecule is Cc1ccccc1-c1cccc(-c2cccc(N(c3ccc(C4CCCCC4)cc3)c3cc(C(C)C)c4ccc5c(N(c6ccc(C7CCCCC7)cc6)c6cccc7c6oc6c(-c8ccccc8)cccc67)cc(C)c6ccc3c4c65)c2O)c1. The Labute approximate surface area is 500 Å². The first-order chi connectivity index (χ1) is 41.8. The lowest BCUT2D eigenvalue weighted by Gasteiger charge is -2.32. The Morgan fingerprint density at radius 3 is 1.53 bits per heavy atom. The Hall–Kier alpha value is -9.12. The predicted octanol–water partition coefficient (Wildman–Crippen LogP) is 24.0. The number of benzene rings is 12. The maximum atomic E-state index is 13.1. The molecule has 2 aliphatic rings. The largest absolute Gasteiger partial charge is 0.505 e. The number of hydrogen-bond acceptors (Lipinski definition) is 4. The summed E-state index contributed by atoms with van der Waals surface area (Å²) in [6.07, 6.45) is 12.7. The highest BCUT2D eigenvalue weighted by Crippen LogP contribution is 2.54. The molecule has 0 radical (unpaired) electrons. The smallest absolute Gasteiger partial charge is 0.159 e. The molecule has 15 rings (SSSR count). The lowest BCUT2D eigenvalue weighted by molar-refractivity contribution is 0.443. The van der Waals surface area contributed by atoms with Crippen LogP contribution in [-0.2, 0) is 0 Å². The zero-order valence-electron chi connectivity index (χ0n) is 49.3. The number of anilines is 6. The van der Waals surface area contributed by atoms with Gasteiger partial charge >= 0.3 is 0 Å². The van der Waals surface area contributed by atoms with Crippen molar-refractivity contribution < 1.29 is 9.52 Å². The Morgan fingerprint density at radius 1 is 0.376 bits per heavy atom. The second-order valence-electron chi connectivity index (χ2n) is 24.8. The fourth-order valence-electron chi connectivity index (χ4n) is 15.0. The number of phenols is 1. The summed E-state index contributed by atoms with van der Waals surface area (Å²) in [4.78, 5) is 4.84. The fourth-order valence-corrected chi connectivity index (χ4v) is 15.0. The molecule has 2 saturated carbocycles. The summed E-state index contributed by atoms with van der Waals surface area (Å²) in [7, 11) is 0. The van der Waals surface area contributed by atoms with Crippen molar-refractivity contribution in [3.05, 3.63) is 246 Å². The molecule has 4 nitrogen and oxygen atoms in total. The van der Waals surface area contributed by atoms with E-state index in [0.29, 0.717) is 11.8 Å². The van der Waals surface area contributed by atoms with Gasteiger partial charge in [-0.05, 0) is 183 Å². The Morgan fingerprint density at radius 2 is 0.871 bits per heavy atom. The van der Waals surface area contributed by atoms with Gasteiger partial charge in [0.2, 0.25) is 0 Å². The lowest BCUT2D eigenvalue weighted by atomic mass is 9.84. The summed E-state index contributed by atoms with van der Waals surface area (Å²) in [5.74, 6) is 1.58. The van der Waals surface area contributed by atoms with Crippen LogP contribution in [0.1, 0.15) is 124 Å². The van der Waals surface area contributed by atoms with Crippen LogP contribution < -0.4 is 9.80 Å². The molecular formula is C81H72N2O2. The van der Waals surface area contributed by atoms with E-state index in [-0.39, 0.29) is 11.7 Å². The van der Waals surface area contributed by atoms with Gasteiger partial charge in [-0.2, -0.15) is 0 Å². The van der Waals surface area contributed by atoms with Crippen molar-refractivity contribution in [2.75, 3.05) is 9.80 Å². The van der Waals surface area contributed by atoms with Crippen LogP contribution in [0, 0.1) is 13.8 Å². The third-order valence-electron chi connectivity index (χ3n) is 19.4. The van der Waals surface area contributed by atoms with Gasteiger partial charge in [0.15, 0.2) is 5.58 Å². The standard InChI is InChI=1S/C81H72N2O2/c1-51(2)72-50-76(82(61-40-36-56(37-41-61)54-21-8-5-9-22-54)73-34-18-30-65(79(73)84)60-28-16-27-59(49-60)63-29-15-14-20-52(63)3)71-46-44-64-53(4)48-75(70-47-45-67(72)78(71)77(64)70)83(62-42-38-57(39-43-62)55-23-10-6-11-24-55)74-35-19-33-69-68-32-17-31-66(80(68)85-81(69)74)58-25-12-7-13-26-58/h7,12-20,25-51,54-55,84H,5-6,8-11,21-24H2,1-4H3. The average Bonchev–Trinajstić information content (AvgIpc) is 1.05. The number of aryl methyl sites for hydroxylation is 2. The molecule has 1 aromatic heterocycles. The summed E-state index contributed by atoms with van der Waals surface area (Å²) in [5.41, 5.74) is 20.5. The molecule has 4 heteroatoms. The third kappa shape index (κ3) is 9.20. The van der Waals surface area contributed by atoms with Gasteiger partial charge in [-0.25, -0.2) is 0 Å². The molecule has 12 aromatic carbocycles. The van der Waals surface area contributed by atoms with E-state index < -0.39 is 0 Å². The lowest BCUT2D eigenvalue weighted by Crippen LogP contribution is -2.13. The molecule has 418 valence electrons. The second-order valence-corrected chi connectivity index (χ2v) is 24.8. The van der Waals surface area contributed by atoms with Gasteiger partial charge in [0.1, 0.15) is 11.3 Å². The Balaban J connectivity index is 0.965. The first kappa shape index (κ1) is 52.7. The van der Waals surface area contributed by atoms with E-state index in [4.69, 9.17) is 4.42 Å². The minimum Gasteiger partial charge on any atom is -0.505 e. The van der Waals surface area contributed by atoms with Crippen LogP contribution in [0.3, 0.4) is 0 Å². The van der Waals surface area contributed by atoms with Gasteiger partial charge in [0, 0.05) is 44.0 Å². The van der Waals surface area contributed by atoms with Gasteiger partial charge < -0.3 is 19.3 Å². The quantitative estimate of drug-likeness (QED) is 0.124. The van der Waals surface area contributed by atoms with Crippen LogP contribution in [0.25, 0.3) is 87.6 Å².